The molecule has 1 aliphatic carbocycles. The maximum Gasteiger partial charge on any atom is 0.573 e. The van der Waals surface area contributed by atoms with Crippen molar-refractivity contribution in [1.82, 2.24) is 35.8 Å². The van der Waals surface area contributed by atoms with Crippen LogP contribution < -0.4 is 15.4 Å². The summed E-state index contributed by atoms with van der Waals surface area (Å²) >= 11 is 0. The second-order valence-electron chi connectivity index (χ2n) is 9.01. The average molecular weight is 555 g/mol. The molecule has 1 aliphatic rings. The quantitative estimate of drug-likeness (QED) is 0.294. The van der Waals surface area contributed by atoms with Crippen molar-refractivity contribution in [3.8, 4) is 17.1 Å². The second kappa shape index (κ2) is 10.7. The van der Waals surface area contributed by atoms with E-state index < -0.39 is 29.7 Å². The molecule has 1 atom stereocenters. The van der Waals surface area contributed by atoms with Gasteiger partial charge >= 0.3 is 6.36 Å². The van der Waals surface area contributed by atoms with Gasteiger partial charge < -0.3 is 15.4 Å². The molecule has 2 aromatic heterocycles. The standard InChI is InChI=1S/C26H21F4N7O3/c1-13-34-23(37-36-13)16-3-5-17-15(9-16)4-7-19(17)35-25(39)21-10-20(32-12-33-21)24(38)31-11-14-2-6-18(27)22(8-14)40-26(28,29)30/h2-3,5-6,8-10,12,19H,4,7,11H2,1H3,(H,31,38)(H,35,39)(H,34,36,37)/t19-/m0/s1. The SMILES string of the molecule is Cc1nc(-c2ccc3c(c2)CC[C@@H]3NC(=O)c2cc(C(=O)NCc3ccc(F)c(OC(F)(F)F)c3)ncn2)n[nH]1. The third-order valence-corrected chi connectivity index (χ3v) is 6.19. The van der Waals surface area contributed by atoms with Gasteiger partial charge in [0.15, 0.2) is 17.4 Å². The third kappa shape index (κ3) is 6.06. The largest absolute Gasteiger partial charge is 0.573 e. The first-order valence-electron chi connectivity index (χ1n) is 12.0. The van der Waals surface area contributed by atoms with Crippen LogP contribution in [0.25, 0.3) is 11.4 Å². The van der Waals surface area contributed by atoms with Crippen LogP contribution in [0.1, 0.15) is 56.0 Å². The summed E-state index contributed by atoms with van der Waals surface area (Å²) in [5.41, 5.74) is 2.88. The smallest absolute Gasteiger partial charge is 0.403 e. The molecule has 0 bridgehead atoms. The first-order chi connectivity index (χ1) is 19.1. The summed E-state index contributed by atoms with van der Waals surface area (Å²) in [4.78, 5) is 37.7. The van der Waals surface area contributed by atoms with Gasteiger partial charge in [0, 0.05) is 18.2 Å². The van der Waals surface area contributed by atoms with E-state index in [-0.39, 0.29) is 29.5 Å². The van der Waals surface area contributed by atoms with Crippen LogP contribution in [0, 0.1) is 12.7 Å². The van der Waals surface area contributed by atoms with Gasteiger partial charge in [-0.25, -0.2) is 19.3 Å². The summed E-state index contributed by atoms with van der Waals surface area (Å²) in [6, 6.07) is 9.58. The minimum absolute atomic E-state index is 0.0379. The molecule has 0 radical (unpaired) electrons. The van der Waals surface area contributed by atoms with E-state index in [9.17, 15) is 27.2 Å². The number of hydrogen-bond acceptors (Lipinski definition) is 7. The molecule has 10 nitrogen and oxygen atoms in total. The Morgan fingerprint density at radius 2 is 1.85 bits per heavy atom. The summed E-state index contributed by atoms with van der Waals surface area (Å²) < 4.78 is 54.7. The van der Waals surface area contributed by atoms with Crippen LogP contribution in [0.4, 0.5) is 17.6 Å². The zero-order valence-corrected chi connectivity index (χ0v) is 20.8. The Morgan fingerprint density at radius 3 is 2.58 bits per heavy atom. The predicted molar refractivity (Wildman–Crippen MR) is 131 cm³/mol. The van der Waals surface area contributed by atoms with Crippen LogP contribution in [0.2, 0.25) is 0 Å². The molecule has 3 N–H and O–H groups in total. The topological polar surface area (TPSA) is 135 Å². The molecular weight excluding hydrogens is 534 g/mol. The summed E-state index contributed by atoms with van der Waals surface area (Å²) in [6.07, 6.45) is -2.59. The van der Waals surface area contributed by atoms with Crippen LogP contribution >= 0.6 is 0 Å². The van der Waals surface area contributed by atoms with E-state index in [2.05, 4.69) is 40.5 Å². The van der Waals surface area contributed by atoms with E-state index in [1.54, 1.807) is 0 Å². The number of halogens is 4. The fourth-order valence-corrected chi connectivity index (χ4v) is 4.35. The highest BCUT2D eigenvalue weighted by molar-refractivity contribution is 5.97. The highest BCUT2D eigenvalue weighted by Gasteiger charge is 2.32. The number of nitrogens with one attached hydrogen (secondary N) is 3. The van der Waals surface area contributed by atoms with Crippen LogP contribution in [-0.2, 0) is 13.0 Å². The van der Waals surface area contributed by atoms with Gasteiger partial charge in [0.05, 0.1) is 6.04 Å². The van der Waals surface area contributed by atoms with Crippen LogP contribution in [-0.4, -0.2) is 43.3 Å². The van der Waals surface area contributed by atoms with Crippen molar-refractivity contribution in [3.63, 3.8) is 0 Å². The number of nitrogens with zero attached hydrogens (tertiary/aromatic N) is 4. The first-order valence-corrected chi connectivity index (χ1v) is 12.0. The van der Waals surface area contributed by atoms with Crippen molar-refractivity contribution in [2.24, 2.45) is 0 Å². The zero-order chi connectivity index (χ0) is 28.4. The lowest BCUT2D eigenvalue weighted by atomic mass is 10.0. The van der Waals surface area contributed by atoms with E-state index in [0.717, 1.165) is 41.6 Å². The van der Waals surface area contributed by atoms with Crippen molar-refractivity contribution in [1.29, 1.82) is 0 Å². The number of fused-ring (bicyclic) bond motifs is 1. The molecule has 206 valence electrons. The van der Waals surface area contributed by atoms with E-state index >= 15 is 0 Å². The van der Waals surface area contributed by atoms with E-state index in [4.69, 9.17) is 0 Å². The van der Waals surface area contributed by atoms with Crippen molar-refractivity contribution < 1.29 is 31.9 Å². The Balaban J connectivity index is 1.22. The first kappa shape index (κ1) is 26.7. The lowest BCUT2D eigenvalue weighted by Crippen LogP contribution is -2.29. The Hall–Kier alpha value is -4.88. The van der Waals surface area contributed by atoms with Crippen molar-refractivity contribution in [2.75, 3.05) is 0 Å². The van der Waals surface area contributed by atoms with E-state index in [0.29, 0.717) is 18.1 Å². The lowest BCUT2D eigenvalue weighted by molar-refractivity contribution is -0.275. The number of aromatic amines is 1. The van der Waals surface area contributed by atoms with E-state index in [1.165, 1.54) is 12.1 Å². The number of benzene rings is 2. The number of ether oxygens (including phenoxy) is 1. The molecule has 14 heteroatoms. The third-order valence-electron chi connectivity index (χ3n) is 6.19. The maximum atomic E-state index is 13.6. The highest BCUT2D eigenvalue weighted by atomic mass is 19.4. The maximum absolute atomic E-state index is 13.6. The van der Waals surface area contributed by atoms with Gasteiger partial charge in [0.1, 0.15) is 23.5 Å². The number of hydrogen-bond donors (Lipinski definition) is 3. The molecule has 2 amide bonds. The second-order valence-corrected chi connectivity index (χ2v) is 9.01. The Morgan fingerprint density at radius 1 is 1.07 bits per heavy atom. The number of carbonyl (C=O) groups is 2. The normalized spacial score (nSPS) is 14.5. The summed E-state index contributed by atoms with van der Waals surface area (Å²) in [5, 5.41) is 12.4. The number of aromatic nitrogens is 5. The molecule has 2 heterocycles. The molecule has 5 rings (SSSR count). The molecule has 0 fully saturated rings. The molecule has 0 saturated carbocycles. The molecule has 40 heavy (non-hydrogen) atoms. The number of rotatable bonds is 7. The van der Waals surface area contributed by atoms with Crippen LogP contribution in [0.15, 0.2) is 48.8 Å². The number of carbonyl (C=O) groups excluding carboxylic acids is 2. The summed E-state index contributed by atoms with van der Waals surface area (Å²) in [5.74, 6) is -2.13. The molecule has 0 saturated heterocycles. The number of alkyl halides is 3. The average Bonchev–Trinajstić information content (AvgIpc) is 3.54. The van der Waals surface area contributed by atoms with Gasteiger partial charge in [0.25, 0.3) is 11.8 Å². The van der Waals surface area contributed by atoms with Crippen molar-refractivity contribution in [2.45, 2.75) is 38.7 Å². The summed E-state index contributed by atoms with van der Waals surface area (Å²) in [6.45, 7) is 1.57. The molecule has 0 spiro atoms. The Bertz CT molecular complexity index is 1590. The van der Waals surface area contributed by atoms with Crippen LogP contribution in [0.5, 0.6) is 5.75 Å². The fourth-order valence-electron chi connectivity index (χ4n) is 4.35. The zero-order valence-electron chi connectivity index (χ0n) is 20.8. The molecule has 4 aromatic rings. The van der Waals surface area contributed by atoms with Gasteiger partial charge in [-0.15, -0.1) is 13.2 Å². The van der Waals surface area contributed by atoms with E-state index in [1.807, 2.05) is 25.1 Å². The lowest BCUT2D eigenvalue weighted by Gasteiger charge is -2.14. The van der Waals surface area contributed by atoms with Gasteiger partial charge in [-0.2, -0.15) is 5.10 Å². The minimum atomic E-state index is -5.07. The van der Waals surface area contributed by atoms with Gasteiger partial charge in [-0.3, -0.25) is 14.7 Å². The minimum Gasteiger partial charge on any atom is -0.403 e. The Labute approximate surface area is 224 Å². The van der Waals surface area contributed by atoms with Gasteiger partial charge in [-0.1, -0.05) is 18.2 Å². The number of aryl methyl sites for hydroxylation is 2. The number of amides is 2. The summed E-state index contributed by atoms with van der Waals surface area (Å²) in [7, 11) is 0. The molecule has 0 aliphatic heterocycles. The van der Waals surface area contributed by atoms with Crippen LogP contribution in [0.3, 0.4) is 0 Å². The van der Waals surface area contributed by atoms with Crippen molar-refractivity contribution >= 4 is 11.8 Å². The number of H-pyrrole nitrogens is 1. The molecule has 2 aromatic carbocycles. The van der Waals surface area contributed by atoms with Crippen molar-refractivity contribution in [3.05, 3.63) is 88.5 Å². The van der Waals surface area contributed by atoms with Gasteiger partial charge in [0.2, 0.25) is 0 Å². The predicted octanol–water partition coefficient (Wildman–Crippen LogP) is 3.96. The molecule has 0 unspecified atom stereocenters. The Kier molecular flexibility index (Phi) is 7.15. The fraction of sp³-hybridized carbons (Fsp3) is 0.231. The highest BCUT2D eigenvalue weighted by Crippen LogP contribution is 2.34. The van der Waals surface area contributed by atoms with Gasteiger partial charge in [-0.05, 0) is 54.7 Å². The molecular formula is C26H21F4N7O3. The monoisotopic (exact) mass is 555 g/mol.